The van der Waals surface area contributed by atoms with Gasteiger partial charge in [-0.15, -0.1) is 0 Å². The summed E-state index contributed by atoms with van der Waals surface area (Å²) in [6.45, 7) is 13.6. The highest BCUT2D eigenvalue weighted by molar-refractivity contribution is 7.22. The van der Waals surface area contributed by atoms with Gasteiger partial charge in [0.2, 0.25) is 5.13 Å². The van der Waals surface area contributed by atoms with Crippen LogP contribution in [-0.4, -0.2) is 95.5 Å². The van der Waals surface area contributed by atoms with Gasteiger partial charge < -0.3 is 42.6 Å². The number of carbonyl (C=O) groups excluding carboxylic acids is 4. The van der Waals surface area contributed by atoms with Crippen molar-refractivity contribution < 1.29 is 61.8 Å². The summed E-state index contributed by atoms with van der Waals surface area (Å²) in [6, 6.07) is 35.7. The Morgan fingerprint density at radius 3 is 2.18 bits per heavy atom. The molecule has 1 aliphatic rings. The predicted octanol–water partition coefficient (Wildman–Crippen LogP) is 13.6. The van der Waals surface area contributed by atoms with Crippen molar-refractivity contribution in [3.8, 4) is 34.5 Å². The maximum absolute atomic E-state index is 14.3. The normalized spacial score (nSPS) is 12.8. The third-order valence-corrected chi connectivity index (χ3v) is 15.3. The highest BCUT2D eigenvalue weighted by Gasteiger charge is 2.37. The Bertz CT molecular complexity index is 3690. The van der Waals surface area contributed by atoms with E-state index in [-0.39, 0.29) is 35.0 Å². The zero-order valence-electron chi connectivity index (χ0n) is 47.8. The van der Waals surface area contributed by atoms with Crippen LogP contribution in [0.3, 0.4) is 0 Å². The van der Waals surface area contributed by atoms with E-state index in [0.717, 1.165) is 102 Å². The summed E-state index contributed by atoms with van der Waals surface area (Å²) in [6.07, 6.45) is 11.0. The molecule has 17 heteroatoms. The molecule has 434 valence electrons. The van der Waals surface area contributed by atoms with Crippen LogP contribution in [-0.2, 0) is 23.8 Å². The number of esters is 4. The van der Waals surface area contributed by atoms with E-state index in [9.17, 15) is 19.2 Å². The fourth-order valence-electron chi connectivity index (χ4n) is 9.44. The van der Waals surface area contributed by atoms with Crippen molar-refractivity contribution in [2.45, 2.75) is 59.3 Å². The topological polar surface area (TPSA) is 180 Å². The van der Waals surface area contributed by atoms with Crippen LogP contribution in [0.2, 0.25) is 0 Å². The lowest BCUT2D eigenvalue weighted by Gasteiger charge is -2.40. The molecule has 84 heavy (non-hydrogen) atoms. The number of unbranched alkanes of at least 4 members (excludes halogenated alkanes) is 3. The molecule has 1 fully saturated rings. The number of anilines is 1. The minimum absolute atomic E-state index is 0.173. The Hall–Kier alpha value is -8.90. The Labute approximate surface area is 492 Å². The van der Waals surface area contributed by atoms with E-state index in [2.05, 4.69) is 13.5 Å². The van der Waals surface area contributed by atoms with Crippen LogP contribution < -0.4 is 33.4 Å². The first-order chi connectivity index (χ1) is 40.8. The smallest absolute Gasteiger partial charge is 0.343 e. The van der Waals surface area contributed by atoms with Gasteiger partial charge in [-0.3, -0.25) is 0 Å². The lowest BCUT2D eigenvalue weighted by Crippen LogP contribution is -2.45. The minimum atomic E-state index is -0.700. The average Bonchev–Trinajstić information content (AvgIpc) is 3.85. The molecule has 0 aliphatic carbocycles. The molecule has 0 bridgehead atoms. The average molecular weight is 1150 g/mol. The van der Waals surface area contributed by atoms with E-state index in [1.807, 2.05) is 56.3 Å². The molecule has 0 atom stereocenters. The molecular weight excluding hydrogens is 1090 g/mol. The number of ether oxygens (including phenoxy) is 9. The van der Waals surface area contributed by atoms with Crippen LogP contribution in [0.4, 0.5) is 5.13 Å². The van der Waals surface area contributed by atoms with Crippen molar-refractivity contribution in [3.05, 3.63) is 173 Å². The number of nitrogens with zero attached hydrogens (tertiary/aromatic N) is 3. The van der Waals surface area contributed by atoms with Crippen molar-refractivity contribution in [1.29, 1.82) is 0 Å². The molecular formula is C67H67N3O13S. The number of methoxy groups -OCH3 is 1. The molecule has 1 aromatic heterocycles. The molecule has 0 spiro atoms. The Balaban J connectivity index is 0.868. The van der Waals surface area contributed by atoms with Gasteiger partial charge in [-0.25, -0.2) is 29.2 Å². The summed E-state index contributed by atoms with van der Waals surface area (Å²) in [5.74, 6) is -0.177. The Morgan fingerprint density at radius 1 is 0.702 bits per heavy atom. The van der Waals surface area contributed by atoms with Crippen LogP contribution in [0.1, 0.15) is 88.4 Å². The number of fused-ring (bicyclic) bond motifs is 3. The number of thiazole rings is 1. The minimum Gasteiger partial charge on any atom is -0.493 e. The first-order valence-corrected chi connectivity index (χ1v) is 28.7. The van der Waals surface area contributed by atoms with Crippen LogP contribution >= 0.6 is 11.3 Å². The van der Waals surface area contributed by atoms with Gasteiger partial charge in [-0.2, -0.15) is 5.10 Å². The SMILES string of the molecule is C=CC(=O)OCCCOc1ccc2cc(C(=O)Oc3ccc(/C=C/C(=O)Oc4cc(/C=N/N(C)c5nc6ccccc6s5)c(OC(=O)c5cc(C)c(OCCCCCCOCC6(CC)COC6)c(C)c5)c5ccccc45)cc3OC)ccc2c1. The van der Waals surface area contributed by atoms with Crippen LogP contribution in [0.5, 0.6) is 34.5 Å². The zero-order valence-corrected chi connectivity index (χ0v) is 48.6. The summed E-state index contributed by atoms with van der Waals surface area (Å²) < 4.78 is 53.2. The molecule has 16 nitrogen and oxygen atoms in total. The van der Waals surface area contributed by atoms with E-state index in [1.165, 1.54) is 24.5 Å². The maximum atomic E-state index is 14.3. The van der Waals surface area contributed by atoms with Gasteiger partial charge in [0.25, 0.3) is 0 Å². The number of rotatable bonds is 28. The first-order valence-electron chi connectivity index (χ1n) is 27.9. The second-order valence-electron chi connectivity index (χ2n) is 20.4. The number of aromatic nitrogens is 1. The molecule has 9 rings (SSSR count). The standard InChI is InChI=1S/C67H67N3O13S/c1-7-60(71)79-33-17-32-78-52-27-26-47-37-49(25-24-48(47)38-52)64(73)82-56-28-22-46(36-58(56)75-6)23-29-61(72)81-57-39-51(40-68-70(5)66-69-55-20-13-14-21-59(55)84-66)63(54-19-12-11-18-53(54)57)83-65(74)50-34-44(3)62(45(4)35-50)80-31-16-10-9-15-30-76-41-67(8-2)42-77-43-67/h7,11-14,18-29,34-40H,1,8-10,15-17,30-33,41-43H2,2-6H3/b29-23+,68-40+. The van der Waals surface area contributed by atoms with Crippen molar-refractivity contribution >= 4 is 84.4 Å². The number of hydrogen-bond donors (Lipinski definition) is 0. The molecule has 0 unspecified atom stereocenters. The van der Waals surface area contributed by atoms with E-state index < -0.39 is 23.9 Å². The van der Waals surface area contributed by atoms with Gasteiger partial charge in [0.15, 0.2) is 11.5 Å². The quantitative estimate of drug-likeness (QED) is 0.0113. The number of hydrogen-bond acceptors (Lipinski definition) is 17. The van der Waals surface area contributed by atoms with Gasteiger partial charge in [0.05, 0.1) is 74.3 Å². The summed E-state index contributed by atoms with van der Waals surface area (Å²) in [4.78, 5) is 57.5. The second kappa shape index (κ2) is 28.4. The highest BCUT2D eigenvalue weighted by Crippen LogP contribution is 2.39. The van der Waals surface area contributed by atoms with Gasteiger partial charge in [-0.1, -0.05) is 85.9 Å². The van der Waals surface area contributed by atoms with E-state index in [0.29, 0.717) is 63.5 Å². The molecule has 0 saturated carbocycles. The largest absolute Gasteiger partial charge is 0.493 e. The van der Waals surface area contributed by atoms with Crippen LogP contribution in [0.15, 0.2) is 145 Å². The van der Waals surface area contributed by atoms with Crippen molar-refractivity contribution in [3.63, 3.8) is 0 Å². The number of para-hydroxylation sites is 1. The molecule has 0 N–H and O–H groups in total. The van der Waals surface area contributed by atoms with Crippen molar-refractivity contribution in [2.75, 3.05) is 65.4 Å². The van der Waals surface area contributed by atoms with Crippen LogP contribution in [0.25, 0.3) is 37.8 Å². The molecule has 1 aliphatic heterocycles. The summed E-state index contributed by atoms with van der Waals surface area (Å²) in [7, 11) is 3.22. The molecule has 0 amide bonds. The van der Waals surface area contributed by atoms with E-state index in [1.54, 1.807) is 103 Å². The first kappa shape index (κ1) is 59.7. The number of carbonyl (C=O) groups is 4. The third-order valence-electron chi connectivity index (χ3n) is 14.2. The zero-order chi connectivity index (χ0) is 59.0. The monoisotopic (exact) mass is 1150 g/mol. The highest BCUT2D eigenvalue weighted by atomic mass is 32.1. The maximum Gasteiger partial charge on any atom is 0.343 e. The Morgan fingerprint density at radius 2 is 1.43 bits per heavy atom. The molecule has 8 aromatic rings. The van der Waals surface area contributed by atoms with Gasteiger partial charge in [0.1, 0.15) is 23.0 Å². The van der Waals surface area contributed by atoms with Crippen LogP contribution in [0, 0.1) is 19.3 Å². The lowest BCUT2D eigenvalue weighted by molar-refractivity contribution is -0.150. The van der Waals surface area contributed by atoms with E-state index in [4.69, 9.17) is 52.7 Å². The summed E-state index contributed by atoms with van der Waals surface area (Å²) in [5.41, 5.74) is 4.21. The van der Waals surface area contributed by atoms with Gasteiger partial charge in [0, 0.05) is 54.0 Å². The van der Waals surface area contributed by atoms with Gasteiger partial charge in [-0.05, 0) is 140 Å². The van der Waals surface area contributed by atoms with Crippen molar-refractivity contribution in [2.24, 2.45) is 10.5 Å². The fraction of sp³-hybridized carbons (Fsp3) is 0.284. The molecule has 1 saturated heterocycles. The molecule has 0 radical (unpaired) electrons. The van der Waals surface area contributed by atoms with E-state index >= 15 is 0 Å². The fourth-order valence-corrected chi connectivity index (χ4v) is 10.3. The summed E-state index contributed by atoms with van der Waals surface area (Å²) in [5, 5.41) is 9.65. The lowest BCUT2D eigenvalue weighted by atomic mass is 9.84. The predicted molar refractivity (Wildman–Crippen MR) is 327 cm³/mol. The number of benzene rings is 7. The van der Waals surface area contributed by atoms with Crippen molar-refractivity contribution in [1.82, 2.24) is 4.98 Å². The Kier molecular flexibility index (Phi) is 20.2. The second-order valence-corrected chi connectivity index (χ2v) is 21.4. The van der Waals surface area contributed by atoms with Gasteiger partial charge >= 0.3 is 23.9 Å². The molecule has 7 aromatic carbocycles. The number of aryl methyl sites for hydroxylation is 2. The number of hydrazone groups is 1. The molecule has 2 heterocycles. The summed E-state index contributed by atoms with van der Waals surface area (Å²) >= 11 is 1.47. The third kappa shape index (κ3) is 15.2.